The third kappa shape index (κ3) is 10.5. The summed E-state index contributed by atoms with van der Waals surface area (Å²) >= 11 is 0. The summed E-state index contributed by atoms with van der Waals surface area (Å²) in [6.45, 7) is 15.2. The Labute approximate surface area is 251 Å². The van der Waals surface area contributed by atoms with E-state index < -0.39 is 29.9 Å². The molecule has 0 aliphatic carbocycles. The van der Waals surface area contributed by atoms with Gasteiger partial charge in [-0.05, 0) is 77.1 Å². The van der Waals surface area contributed by atoms with Crippen molar-refractivity contribution in [2.24, 2.45) is 11.8 Å². The number of cyclic esters (lactones) is 1. The molecule has 1 N–H and O–H groups in total. The highest BCUT2D eigenvalue weighted by atomic mass is 16.6. The molecule has 10 heteroatoms. The van der Waals surface area contributed by atoms with Gasteiger partial charge in [-0.2, -0.15) is 0 Å². The molecule has 2 amide bonds. The van der Waals surface area contributed by atoms with Crippen molar-refractivity contribution < 1.29 is 33.7 Å². The highest BCUT2D eigenvalue weighted by Gasteiger charge is 2.30. The number of likely N-dealkylation sites (N-methyl/N-ethyl adjacent to an activating group) is 1. The minimum atomic E-state index is -0.846. The van der Waals surface area contributed by atoms with Crippen LogP contribution in [0, 0.1) is 11.8 Å². The van der Waals surface area contributed by atoms with Crippen LogP contribution in [0.25, 0.3) is 0 Å². The van der Waals surface area contributed by atoms with Crippen LogP contribution in [0.5, 0.6) is 0 Å². The SMILES string of the molecule is C/C(=C\C1=CCCN(C(=O)OC(C)(C)C)C1)[C@@H]1OC(=O)C[C@H](O)CC[C@@H](C)[C@@H](OC(=O)N2CCN(C)CC2)C=C[C@H]1C. The second kappa shape index (κ2) is 15.0. The number of ether oxygens (including phenoxy) is 3. The fourth-order valence-electron chi connectivity index (χ4n) is 5.36. The van der Waals surface area contributed by atoms with E-state index in [-0.39, 0.29) is 30.4 Å². The first-order chi connectivity index (χ1) is 19.7. The highest BCUT2D eigenvalue weighted by Crippen LogP contribution is 2.26. The molecule has 42 heavy (non-hydrogen) atoms. The maximum Gasteiger partial charge on any atom is 0.410 e. The molecule has 0 radical (unpaired) electrons. The molecule has 0 spiro atoms. The molecule has 0 aromatic rings. The van der Waals surface area contributed by atoms with Crippen LogP contribution >= 0.6 is 0 Å². The van der Waals surface area contributed by atoms with Gasteiger partial charge in [0, 0.05) is 45.2 Å². The lowest BCUT2D eigenvalue weighted by Gasteiger charge is -2.33. The Morgan fingerprint density at radius 1 is 1.02 bits per heavy atom. The number of esters is 1. The number of aliphatic hydroxyl groups is 1. The number of piperazine rings is 1. The molecule has 0 bridgehead atoms. The second-order valence-electron chi connectivity index (χ2n) is 13.1. The molecule has 10 nitrogen and oxygen atoms in total. The number of aliphatic hydroxyl groups excluding tert-OH is 1. The summed E-state index contributed by atoms with van der Waals surface area (Å²) in [7, 11) is 2.04. The van der Waals surface area contributed by atoms with Gasteiger partial charge < -0.3 is 34.0 Å². The van der Waals surface area contributed by atoms with E-state index in [0.717, 1.165) is 24.2 Å². The summed E-state index contributed by atoms with van der Waals surface area (Å²) in [6, 6.07) is 0. The molecule has 0 saturated carbocycles. The fourth-order valence-corrected chi connectivity index (χ4v) is 5.36. The molecule has 1 saturated heterocycles. The standard InChI is InChI=1S/C32H51N3O7/c1-22-10-12-26(36)20-28(37)41-29(23(2)11-13-27(22)40-30(38)34-17-15-33(7)16-18-34)24(3)19-25-9-8-14-35(21-25)31(39)42-32(4,5)6/h9,11,13,19,22-23,26-27,29,36H,8,10,12,14-18,20-21H2,1-7H3/b13-11?,24-19+/t22-,23-,26-,27+,29-/m1/s1. The van der Waals surface area contributed by atoms with Crippen LogP contribution in [-0.2, 0) is 19.0 Å². The summed E-state index contributed by atoms with van der Waals surface area (Å²) in [5.41, 5.74) is 1.19. The first-order valence-corrected chi connectivity index (χ1v) is 15.3. The predicted molar refractivity (Wildman–Crippen MR) is 161 cm³/mol. The molecule has 3 aliphatic rings. The van der Waals surface area contributed by atoms with Crippen LogP contribution < -0.4 is 0 Å². The monoisotopic (exact) mass is 589 g/mol. The molecular weight excluding hydrogens is 538 g/mol. The Morgan fingerprint density at radius 2 is 1.71 bits per heavy atom. The Morgan fingerprint density at radius 3 is 2.38 bits per heavy atom. The molecule has 1 fully saturated rings. The van der Waals surface area contributed by atoms with Gasteiger partial charge in [0.2, 0.25) is 0 Å². The molecular formula is C32H51N3O7. The Kier molecular flexibility index (Phi) is 12.1. The van der Waals surface area contributed by atoms with Crippen molar-refractivity contribution in [2.75, 3.05) is 46.3 Å². The molecule has 0 aromatic heterocycles. The Hall–Kier alpha value is -2.85. The van der Waals surface area contributed by atoms with E-state index in [4.69, 9.17) is 14.2 Å². The quantitative estimate of drug-likeness (QED) is 0.291. The number of nitrogens with zero attached hydrogens (tertiary/aromatic N) is 3. The van der Waals surface area contributed by atoms with Gasteiger partial charge in [-0.15, -0.1) is 0 Å². The number of carbonyl (C=O) groups is 3. The second-order valence-corrected chi connectivity index (χ2v) is 13.1. The number of carbonyl (C=O) groups excluding carboxylic acids is 3. The van der Waals surface area contributed by atoms with E-state index in [1.165, 1.54) is 0 Å². The van der Waals surface area contributed by atoms with Crippen molar-refractivity contribution in [3.8, 4) is 0 Å². The van der Waals surface area contributed by atoms with Gasteiger partial charge in [0.1, 0.15) is 17.8 Å². The number of rotatable bonds is 3. The lowest BCUT2D eigenvalue weighted by atomic mass is 9.91. The predicted octanol–water partition coefficient (Wildman–Crippen LogP) is 4.54. The maximum atomic E-state index is 13.0. The van der Waals surface area contributed by atoms with Gasteiger partial charge in [-0.3, -0.25) is 4.79 Å². The molecule has 3 heterocycles. The van der Waals surface area contributed by atoms with Gasteiger partial charge in [-0.25, -0.2) is 9.59 Å². The minimum absolute atomic E-state index is 0.0451. The van der Waals surface area contributed by atoms with Gasteiger partial charge in [0.15, 0.2) is 0 Å². The van der Waals surface area contributed by atoms with E-state index in [0.29, 0.717) is 45.4 Å². The lowest BCUT2D eigenvalue weighted by molar-refractivity contribution is -0.151. The van der Waals surface area contributed by atoms with Crippen molar-refractivity contribution in [3.05, 3.63) is 35.5 Å². The summed E-state index contributed by atoms with van der Waals surface area (Å²) < 4.78 is 17.5. The molecule has 3 rings (SSSR count). The summed E-state index contributed by atoms with van der Waals surface area (Å²) in [6.07, 6.45) is 6.89. The summed E-state index contributed by atoms with van der Waals surface area (Å²) in [5.74, 6) is -0.735. The summed E-state index contributed by atoms with van der Waals surface area (Å²) in [5, 5.41) is 10.6. The van der Waals surface area contributed by atoms with Crippen molar-refractivity contribution in [2.45, 2.75) is 91.1 Å². The Balaban J connectivity index is 1.78. The highest BCUT2D eigenvalue weighted by molar-refractivity contribution is 5.71. The molecule has 0 aromatic carbocycles. The topological polar surface area (TPSA) is 109 Å². The molecule has 5 atom stereocenters. The van der Waals surface area contributed by atoms with E-state index in [9.17, 15) is 19.5 Å². The van der Waals surface area contributed by atoms with Gasteiger partial charge in [0.25, 0.3) is 0 Å². The van der Waals surface area contributed by atoms with E-state index >= 15 is 0 Å². The van der Waals surface area contributed by atoms with Crippen LogP contribution in [0.4, 0.5) is 9.59 Å². The van der Waals surface area contributed by atoms with Crippen molar-refractivity contribution in [1.29, 1.82) is 0 Å². The Bertz CT molecular complexity index is 1040. The normalized spacial score (nSPS) is 29.1. The zero-order chi connectivity index (χ0) is 31.0. The largest absolute Gasteiger partial charge is 0.457 e. The lowest BCUT2D eigenvalue weighted by Crippen LogP contribution is -2.48. The number of amides is 2. The van der Waals surface area contributed by atoms with Crippen LogP contribution in [0.1, 0.15) is 67.2 Å². The van der Waals surface area contributed by atoms with Crippen LogP contribution in [0.3, 0.4) is 0 Å². The van der Waals surface area contributed by atoms with Gasteiger partial charge in [-0.1, -0.05) is 32.1 Å². The van der Waals surface area contributed by atoms with Crippen molar-refractivity contribution >= 4 is 18.2 Å². The fraction of sp³-hybridized carbons (Fsp3) is 0.719. The van der Waals surface area contributed by atoms with Gasteiger partial charge in [0.05, 0.1) is 12.5 Å². The molecule has 236 valence electrons. The third-order valence-electron chi connectivity index (χ3n) is 7.95. The minimum Gasteiger partial charge on any atom is -0.457 e. The van der Waals surface area contributed by atoms with E-state index in [2.05, 4.69) is 11.0 Å². The number of hydrogen-bond acceptors (Lipinski definition) is 8. The average Bonchev–Trinajstić information content (AvgIpc) is 2.91. The van der Waals surface area contributed by atoms with Crippen LogP contribution in [0.2, 0.25) is 0 Å². The van der Waals surface area contributed by atoms with Crippen molar-refractivity contribution in [3.63, 3.8) is 0 Å². The summed E-state index contributed by atoms with van der Waals surface area (Å²) in [4.78, 5) is 44.1. The first-order valence-electron chi connectivity index (χ1n) is 15.3. The maximum absolute atomic E-state index is 13.0. The first kappa shape index (κ1) is 33.6. The smallest absolute Gasteiger partial charge is 0.410 e. The average molecular weight is 590 g/mol. The zero-order valence-electron chi connectivity index (χ0n) is 26.5. The van der Waals surface area contributed by atoms with Crippen molar-refractivity contribution in [1.82, 2.24) is 14.7 Å². The third-order valence-corrected chi connectivity index (χ3v) is 7.95. The number of hydrogen-bond donors (Lipinski definition) is 1. The van der Waals surface area contributed by atoms with E-state index in [1.807, 2.05) is 66.8 Å². The van der Waals surface area contributed by atoms with Crippen LogP contribution in [0.15, 0.2) is 35.5 Å². The zero-order valence-corrected chi connectivity index (χ0v) is 26.5. The van der Waals surface area contributed by atoms with E-state index in [1.54, 1.807) is 9.80 Å². The molecule has 0 unspecified atom stereocenters. The van der Waals surface area contributed by atoms with Crippen LogP contribution in [-0.4, -0.2) is 108 Å². The molecule has 3 aliphatic heterocycles. The van der Waals surface area contributed by atoms with Gasteiger partial charge >= 0.3 is 18.2 Å².